The number of nitrogens with zero attached hydrogens (tertiary/aromatic N) is 3. The number of cyclic esters (lactones) is 2. The molecule has 3 rings (SSSR count). The van der Waals surface area contributed by atoms with E-state index in [0.29, 0.717) is 18.8 Å². The number of aromatic nitrogens is 1. The minimum Gasteiger partial charge on any atom is -0.507 e. The van der Waals surface area contributed by atoms with Crippen LogP contribution in [-0.2, 0) is 36.4 Å². The van der Waals surface area contributed by atoms with Crippen LogP contribution >= 0.6 is 0 Å². The number of phenols is 1. The van der Waals surface area contributed by atoms with Gasteiger partial charge in [0.05, 0.1) is 5.69 Å². The Labute approximate surface area is 245 Å². The van der Waals surface area contributed by atoms with Crippen molar-refractivity contribution in [3.8, 4) is 5.75 Å². The van der Waals surface area contributed by atoms with E-state index in [2.05, 4.69) is 11.9 Å². The lowest BCUT2D eigenvalue weighted by Gasteiger charge is -2.36. The van der Waals surface area contributed by atoms with E-state index >= 15 is 0 Å². The van der Waals surface area contributed by atoms with Crippen LogP contribution in [0.1, 0.15) is 105 Å². The number of aliphatic imine (C=N–C) groups is 1. The minimum absolute atomic E-state index is 0.232. The Morgan fingerprint density at radius 2 is 1.59 bits per heavy atom. The number of ether oxygens (including phenoxy) is 2. The molecule has 2 heterocycles. The lowest BCUT2D eigenvalue weighted by molar-refractivity contribution is -0.236. The molecule has 0 radical (unpaired) electrons. The van der Waals surface area contributed by atoms with Gasteiger partial charge in [0.25, 0.3) is 5.79 Å². The summed E-state index contributed by atoms with van der Waals surface area (Å²) in [6, 6.07) is 7.50. The second-order valence-electron chi connectivity index (χ2n) is 13.4. The van der Waals surface area contributed by atoms with Gasteiger partial charge in [0.15, 0.2) is 0 Å². The maximum absolute atomic E-state index is 13.4. The van der Waals surface area contributed by atoms with Gasteiger partial charge in [-0.25, -0.2) is 4.99 Å². The predicted molar refractivity (Wildman–Crippen MR) is 161 cm³/mol. The second-order valence-corrected chi connectivity index (χ2v) is 13.4. The molecule has 41 heavy (non-hydrogen) atoms. The van der Waals surface area contributed by atoms with E-state index in [-0.39, 0.29) is 22.4 Å². The molecule has 8 heteroatoms. The van der Waals surface area contributed by atoms with Gasteiger partial charge in [-0.15, -0.1) is 0 Å². The molecule has 2 aromatic rings. The molecule has 1 N–H and O–H groups in total. The predicted octanol–water partition coefficient (Wildman–Crippen LogP) is 6.95. The normalized spacial score (nSPS) is 16.4. The highest BCUT2D eigenvalue weighted by molar-refractivity contribution is 6.17. The molecule has 0 bridgehead atoms. The quantitative estimate of drug-likeness (QED) is 0.115. The van der Waals surface area contributed by atoms with Crippen molar-refractivity contribution in [1.82, 2.24) is 9.88 Å². The van der Waals surface area contributed by atoms with Gasteiger partial charge in [0, 0.05) is 50.5 Å². The number of carbonyl (C=O) groups is 2. The van der Waals surface area contributed by atoms with Crippen LogP contribution in [0.4, 0.5) is 5.69 Å². The van der Waals surface area contributed by atoms with Crippen LogP contribution in [0.2, 0.25) is 0 Å². The number of rotatable bonds is 9. The minimum atomic E-state index is -1.36. The van der Waals surface area contributed by atoms with Crippen molar-refractivity contribution in [2.24, 2.45) is 10.9 Å². The zero-order chi connectivity index (χ0) is 30.6. The van der Waals surface area contributed by atoms with Crippen molar-refractivity contribution in [2.45, 2.75) is 111 Å². The highest BCUT2D eigenvalue weighted by atomic mass is 16.7. The molecule has 1 aromatic carbocycles. The molecule has 1 fully saturated rings. The molecule has 0 saturated carbocycles. The Morgan fingerprint density at radius 3 is 2.07 bits per heavy atom. The number of benzene rings is 1. The first-order valence-corrected chi connectivity index (χ1v) is 14.6. The second kappa shape index (κ2) is 12.6. The Hall–Kier alpha value is -3.42. The summed E-state index contributed by atoms with van der Waals surface area (Å²) >= 11 is 0. The molecule has 0 amide bonds. The van der Waals surface area contributed by atoms with Gasteiger partial charge in [-0.1, -0.05) is 73.8 Å². The lowest BCUT2D eigenvalue weighted by atomic mass is 9.79. The first-order chi connectivity index (χ1) is 19.0. The van der Waals surface area contributed by atoms with Crippen molar-refractivity contribution in [1.29, 1.82) is 0 Å². The van der Waals surface area contributed by atoms with E-state index in [0.717, 1.165) is 42.4 Å². The molecule has 0 aliphatic carbocycles. The Bertz CT molecular complexity index is 1200. The number of hydrogen-bond donors (Lipinski definition) is 1. The summed E-state index contributed by atoms with van der Waals surface area (Å²) in [5.74, 6) is -3.60. The van der Waals surface area contributed by atoms with Crippen molar-refractivity contribution >= 4 is 23.5 Å². The first-order valence-electron chi connectivity index (χ1n) is 14.6. The molecule has 1 aliphatic heterocycles. The first kappa shape index (κ1) is 32.1. The highest BCUT2D eigenvalue weighted by Gasteiger charge is 2.47. The fraction of sp³-hybridized carbons (Fsp3) is 0.576. The number of carbonyl (C=O) groups excluding carboxylic acids is 2. The number of phenolic OH excluding ortho intramolecular Hbond substituents is 1. The Morgan fingerprint density at radius 1 is 1.00 bits per heavy atom. The van der Waals surface area contributed by atoms with Gasteiger partial charge in [-0.2, -0.15) is 0 Å². The summed E-state index contributed by atoms with van der Waals surface area (Å²) in [6.07, 6.45) is 7.50. The van der Waals surface area contributed by atoms with Crippen molar-refractivity contribution in [3.05, 3.63) is 53.3 Å². The fourth-order valence-corrected chi connectivity index (χ4v) is 4.92. The molecule has 0 atom stereocenters. The van der Waals surface area contributed by atoms with E-state index < -0.39 is 23.6 Å². The van der Waals surface area contributed by atoms with Crippen LogP contribution in [0.15, 0.2) is 41.7 Å². The zero-order valence-corrected chi connectivity index (χ0v) is 26.2. The summed E-state index contributed by atoms with van der Waals surface area (Å²) in [5.41, 5.74) is 2.18. The summed E-state index contributed by atoms with van der Waals surface area (Å²) in [4.78, 5) is 38.1. The number of amidine groups is 1. The summed E-state index contributed by atoms with van der Waals surface area (Å²) in [5, 5.41) is 11.3. The van der Waals surface area contributed by atoms with Crippen LogP contribution in [0.3, 0.4) is 0 Å². The number of hydrogen-bond acceptors (Lipinski definition) is 7. The van der Waals surface area contributed by atoms with E-state index in [4.69, 9.17) is 14.5 Å². The van der Waals surface area contributed by atoms with Crippen molar-refractivity contribution in [3.63, 3.8) is 0 Å². The SMILES string of the molecule is CCCCCCN(Cc1cccnc1)C(=Nc1cc(C(C)(C)C)c(O)c(C(C)(C)C)c1)C1C(=O)OC(C)(C)OC1=O. The highest BCUT2D eigenvalue weighted by Crippen LogP contribution is 2.42. The third-order valence-electron chi connectivity index (χ3n) is 7.08. The monoisotopic (exact) mass is 565 g/mol. The molecule has 1 saturated heterocycles. The Kier molecular flexibility index (Phi) is 9.88. The smallest absolute Gasteiger partial charge is 0.331 e. The summed E-state index contributed by atoms with van der Waals surface area (Å²) in [7, 11) is 0. The molecule has 224 valence electrons. The molecular formula is C33H47N3O5. The number of unbranched alkanes of at least 4 members (excludes halogenated alkanes) is 3. The summed E-state index contributed by atoms with van der Waals surface area (Å²) < 4.78 is 11.1. The third-order valence-corrected chi connectivity index (χ3v) is 7.08. The third kappa shape index (κ3) is 8.30. The van der Waals surface area contributed by atoms with Gasteiger partial charge in [-0.05, 0) is 41.0 Å². The van der Waals surface area contributed by atoms with Crippen molar-refractivity contribution < 1.29 is 24.2 Å². The maximum Gasteiger partial charge on any atom is 0.331 e. The van der Waals surface area contributed by atoms with E-state index in [1.807, 2.05) is 70.7 Å². The molecule has 1 aromatic heterocycles. The molecule has 1 aliphatic rings. The Balaban J connectivity index is 2.25. The standard InChI is InChI=1S/C33H47N3O5/c1-10-11-12-13-17-36(21-22-15-14-16-34-20-22)28(26-29(38)40-33(8,9)41-30(26)39)35-23-18-24(31(2,3)4)27(37)25(19-23)32(5,6)7/h14-16,18-20,26,37H,10-13,17,21H2,1-9H3. The van der Waals surface area contributed by atoms with Gasteiger partial charge < -0.3 is 19.5 Å². The van der Waals surface area contributed by atoms with E-state index in [1.165, 1.54) is 0 Å². The lowest BCUT2D eigenvalue weighted by Crippen LogP contribution is -2.52. The fourth-order valence-electron chi connectivity index (χ4n) is 4.92. The zero-order valence-electron chi connectivity index (χ0n) is 26.2. The van der Waals surface area contributed by atoms with E-state index in [9.17, 15) is 14.7 Å². The van der Waals surface area contributed by atoms with Gasteiger partial charge >= 0.3 is 11.9 Å². The maximum atomic E-state index is 13.4. The van der Waals surface area contributed by atoms with Crippen molar-refractivity contribution in [2.75, 3.05) is 6.54 Å². The van der Waals surface area contributed by atoms with Gasteiger partial charge in [0.2, 0.25) is 5.92 Å². The van der Waals surface area contributed by atoms with Crippen LogP contribution < -0.4 is 0 Å². The van der Waals surface area contributed by atoms with Crippen LogP contribution in [0.25, 0.3) is 0 Å². The van der Waals surface area contributed by atoms with Crippen LogP contribution in [0, 0.1) is 5.92 Å². The topological polar surface area (TPSA) is 101 Å². The van der Waals surface area contributed by atoms with Gasteiger partial charge in [-0.3, -0.25) is 14.6 Å². The number of pyridine rings is 1. The van der Waals surface area contributed by atoms with Gasteiger partial charge in [0.1, 0.15) is 11.6 Å². The molecule has 8 nitrogen and oxygen atoms in total. The summed E-state index contributed by atoms with van der Waals surface area (Å²) in [6.45, 7) is 18.4. The molecule has 0 unspecified atom stereocenters. The number of aromatic hydroxyl groups is 1. The number of esters is 2. The average molecular weight is 566 g/mol. The largest absolute Gasteiger partial charge is 0.507 e. The average Bonchev–Trinajstić information content (AvgIpc) is 2.84. The van der Waals surface area contributed by atoms with E-state index in [1.54, 1.807) is 26.2 Å². The molecule has 0 spiro atoms. The van der Waals surface area contributed by atoms with Crippen LogP contribution in [-0.4, -0.2) is 45.1 Å². The van der Waals surface area contributed by atoms with Crippen LogP contribution in [0.5, 0.6) is 5.75 Å². The molecular weight excluding hydrogens is 518 g/mol.